The highest BCUT2D eigenvalue weighted by Crippen LogP contribution is 2.29. The maximum absolute atomic E-state index is 12.4. The van der Waals surface area contributed by atoms with Crippen LogP contribution in [0.15, 0.2) is 72.8 Å². The van der Waals surface area contributed by atoms with Gasteiger partial charge in [0.05, 0.1) is 31.3 Å². The number of carbonyl (C=O) groups excluding carboxylic acids is 1. The average Bonchev–Trinajstić information content (AvgIpc) is 3.29. The van der Waals surface area contributed by atoms with Crippen LogP contribution in [-0.4, -0.2) is 35.8 Å². The average molecular weight is 534 g/mol. The molecule has 1 amide bonds. The van der Waals surface area contributed by atoms with Crippen LogP contribution in [0.25, 0.3) is 17.1 Å². The molecule has 4 rings (SSSR count). The number of benzene rings is 3. The second kappa shape index (κ2) is 13.5. The van der Waals surface area contributed by atoms with Crippen LogP contribution in [-0.2, 0) is 17.9 Å². The maximum atomic E-state index is 12.4. The summed E-state index contributed by atoms with van der Waals surface area (Å²) in [6.45, 7) is 3.53. The van der Waals surface area contributed by atoms with Crippen molar-refractivity contribution in [3.05, 3.63) is 89.2 Å². The molecule has 4 aromatic rings. The first kappa shape index (κ1) is 27.1. The van der Waals surface area contributed by atoms with E-state index in [1.807, 2.05) is 61.5 Å². The van der Waals surface area contributed by atoms with Gasteiger partial charge in [-0.05, 0) is 73.9 Å². The van der Waals surface area contributed by atoms with E-state index in [4.69, 9.17) is 30.8 Å². The van der Waals surface area contributed by atoms with Crippen LogP contribution in [0.5, 0.6) is 17.2 Å². The molecule has 0 saturated heterocycles. The highest BCUT2D eigenvalue weighted by Gasteiger charge is 2.12. The van der Waals surface area contributed by atoms with E-state index in [1.54, 1.807) is 31.4 Å². The summed E-state index contributed by atoms with van der Waals surface area (Å²) in [7, 11) is 1.65. The zero-order chi connectivity index (χ0) is 26.7. The predicted molar refractivity (Wildman–Crippen MR) is 151 cm³/mol. The third-order valence-electron chi connectivity index (χ3n) is 5.94. The second-order valence-corrected chi connectivity index (χ2v) is 9.09. The van der Waals surface area contributed by atoms with Gasteiger partial charge < -0.3 is 24.1 Å². The third-order valence-corrected chi connectivity index (χ3v) is 6.19. The molecule has 7 nitrogen and oxygen atoms in total. The number of amides is 1. The van der Waals surface area contributed by atoms with Gasteiger partial charge in [-0.1, -0.05) is 42.0 Å². The molecule has 0 radical (unpaired) electrons. The van der Waals surface area contributed by atoms with Gasteiger partial charge in [-0.2, -0.15) is 0 Å². The Morgan fingerprint density at radius 2 is 1.84 bits per heavy atom. The highest BCUT2D eigenvalue weighted by molar-refractivity contribution is 6.30. The maximum Gasteiger partial charge on any atom is 0.258 e. The van der Waals surface area contributed by atoms with Crippen LogP contribution < -0.4 is 19.5 Å². The fraction of sp³-hybridized carbons (Fsp3) is 0.267. The minimum absolute atomic E-state index is 0.0849. The Bertz CT molecular complexity index is 1380. The van der Waals surface area contributed by atoms with Gasteiger partial charge in [0.25, 0.3) is 5.91 Å². The van der Waals surface area contributed by atoms with Crippen LogP contribution in [0.3, 0.4) is 0 Å². The number of fused-ring (bicyclic) bond motifs is 1. The van der Waals surface area contributed by atoms with E-state index >= 15 is 0 Å². The Morgan fingerprint density at radius 3 is 2.63 bits per heavy atom. The Morgan fingerprint density at radius 1 is 1.03 bits per heavy atom. The van der Waals surface area contributed by atoms with Crippen molar-refractivity contribution >= 4 is 34.6 Å². The number of ether oxygens (including phenoxy) is 3. The van der Waals surface area contributed by atoms with E-state index in [9.17, 15) is 4.79 Å². The van der Waals surface area contributed by atoms with Gasteiger partial charge in [-0.3, -0.25) is 4.79 Å². The SMILES string of the molecule is C/C=C/c1ccc(OCCCCn2c(CNC(=O)COc3ccc(Cl)cc3)nc3ccccc32)c(OC)c1. The van der Waals surface area contributed by atoms with Crippen molar-refractivity contribution in [1.82, 2.24) is 14.9 Å². The van der Waals surface area contributed by atoms with Crippen LogP contribution in [0.4, 0.5) is 0 Å². The molecule has 0 aliphatic carbocycles. The number of nitrogens with zero attached hydrogens (tertiary/aromatic N) is 2. The molecule has 3 aromatic carbocycles. The Kier molecular flexibility index (Phi) is 9.65. The molecule has 0 atom stereocenters. The van der Waals surface area contributed by atoms with Crippen LogP contribution >= 0.6 is 11.6 Å². The van der Waals surface area contributed by atoms with Gasteiger partial charge in [0.2, 0.25) is 0 Å². The van der Waals surface area contributed by atoms with Crippen LogP contribution in [0.1, 0.15) is 31.2 Å². The number of nitrogens with one attached hydrogen (secondary N) is 1. The predicted octanol–water partition coefficient (Wildman–Crippen LogP) is 6.29. The summed E-state index contributed by atoms with van der Waals surface area (Å²) in [4.78, 5) is 17.1. The lowest BCUT2D eigenvalue weighted by atomic mass is 10.2. The number of aryl methyl sites for hydroxylation is 1. The Labute approximate surface area is 228 Å². The molecule has 198 valence electrons. The number of carbonyl (C=O) groups is 1. The third kappa shape index (κ3) is 7.29. The van der Waals surface area contributed by atoms with Crippen molar-refractivity contribution in [2.75, 3.05) is 20.3 Å². The monoisotopic (exact) mass is 533 g/mol. The normalized spacial score (nSPS) is 11.1. The van der Waals surface area contributed by atoms with Gasteiger partial charge >= 0.3 is 0 Å². The van der Waals surface area contributed by atoms with E-state index in [0.717, 1.165) is 53.3 Å². The van der Waals surface area contributed by atoms with Crippen molar-refractivity contribution in [3.8, 4) is 17.2 Å². The number of allylic oxidation sites excluding steroid dienone is 1. The summed E-state index contributed by atoms with van der Waals surface area (Å²) >= 11 is 5.89. The van der Waals surface area contributed by atoms with Gasteiger partial charge in [0, 0.05) is 11.6 Å². The molecule has 1 aromatic heterocycles. The van der Waals surface area contributed by atoms with Crippen molar-refractivity contribution in [3.63, 3.8) is 0 Å². The molecule has 0 fully saturated rings. The van der Waals surface area contributed by atoms with E-state index in [0.29, 0.717) is 23.9 Å². The molecule has 8 heteroatoms. The molecule has 0 saturated carbocycles. The molecular formula is C30H32ClN3O4. The number of aromatic nitrogens is 2. The number of para-hydroxylation sites is 2. The van der Waals surface area contributed by atoms with Crippen molar-refractivity contribution in [1.29, 1.82) is 0 Å². The molecule has 1 heterocycles. The quantitative estimate of drug-likeness (QED) is 0.204. The molecule has 38 heavy (non-hydrogen) atoms. The largest absolute Gasteiger partial charge is 0.493 e. The van der Waals surface area contributed by atoms with Crippen molar-refractivity contribution in [2.45, 2.75) is 32.9 Å². The fourth-order valence-electron chi connectivity index (χ4n) is 4.07. The number of hydrogen-bond acceptors (Lipinski definition) is 5. The number of methoxy groups -OCH3 is 1. The van der Waals surface area contributed by atoms with Crippen LogP contribution in [0, 0.1) is 0 Å². The summed E-state index contributed by atoms with van der Waals surface area (Å²) in [5, 5.41) is 3.53. The smallest absolute Gasteiger partial charge is 0.258 e. The van der Waals surface area contributed by atoms with Gasteiger partial charge in [0.1, 0.15) is 11.6 Å². The van der Waals surface area contributed by atoms with Crippen molar-refractivity contribution < 1.29 is 19.0 Å². The van der Waals surface area contributed by atoms with E-state index in [-0.39, 0.29) is 12.5 Å². The minimum Gasteiger partial charge on any atom is -0.493 e. The van der Waals surface area contributed by atoms with Crippen LogP contribution in [0.2, 0.25) is 5.02 Å². The zero-order valence-corrected chi connectivity index (χ0v) is 22.4. The van der Waals surface area contributed by atoms with Gasteiger partial charge in [-0.15, -0.1) is 0 Å². The first-order valence-corrected chi connectivity index (χ1v) is 13.0. The number of unbranched alkanes of at least 4 members (excludes halogenated alkanes) is 1. The summed E-state index contributed by atoms with van der Waals surface area (Å²) in [5.41, 5.74) is 3.01. The first-order valence-electron chi connectivity index (χ1n) is 12.6. The first-order chi connectivity index (χ1) is 18.6. The molecule has 0 aliphatic rings. The fourth-order valence-corrected chi connectivity index (χ4v) is 4.20. The van der Waals surface area contributed by atoms with Gasteiger partial charge in [0.15, 0.2) is 18.1 Å². The molecule has 0 bridgehead atoms. The Hall–Kier alpha value is -3.97. The lowest BCUT2D eigenvalue weighted by molar-refractivity contribution is -0.123. The number of rotatable bonds is 13. The lowest BCUT2D eigenvalue weighted by Crippen LogP contribution is -2.29. The van der Waals surface area contributed by atoms with E-state index < -0.39 is 0 Å². The summed E-state index contributed by atoms with van der Waals surface area (Å²) < 4.78 is 19.2. The molecule has 0 spiro atoms. The molecule has 0 aliphatic heterocycles. The van der Waals surface area contributed by atoms with Gasteiger partial charge in [-0.25, -0.2) is 4.98 Å². The lowest BCUT2D eigenvalue weighted by Gasteiger charge is -2.13. The number of imidazole rings is 1. The molecule has 0 unspecified atom stereocenters. The standard InChI is InChI=1S/C30H32ClN3O4/c1-3-8-22-11-16-27(28(19-22)36-2)37-18-7-6-17-34-26-10-5-4-9-25(26)33-29(34)20-32-30(35)21-38-24-14-12-23(31)13-15-24/h3-5,8-16,19H,6-7,17-18,20-21H2,1-2H3,(H,32,35)/b8-3+. The summed E-state index contributed by atoms with van der Waals surface area (Å²) in [6, 6.07) is 20.8. The second-order valence-electron chi connectivity index (χ2n) is 8.65. The minimum atomic E-state index is -0.221. The topological polar surface area (TPSA) is 74.6 Å². The van der Waals surface area contributed by atoms with Crippen molar-refractivity contribution in [2.24, 2.45) is 0 Å². The van der Waals surface area contributed by atoms with E-state index in [1.165, 1.54) is 0 Å². The molecular weight excluding hydrogens is 502 g/mol. The number of halogens is 1. The summed E-state index contributed by atoms with van der Waals surface area (Å²) in [5.74, 6) is 2.62. The summed E-state index contributed by atoms with van der Waals surface area (Å²) in [6.07, 6.45) is 5.76. The highest BCUT2D eigenvalue weighted by atomic mass is 35.5. The van der Waals surface area contributed by atoms with E-state index in [2.05, 4.69) is 9.88 Å². The molecule has 1 N–H and O–H groups in total. The Balaban J connectivity index is 1.30. The zero-order valence-electron chi connectivity index (χ0n) is 21.7. The number of hydrogen-bond donors (Lipinski definition) is 1.